The van der Waals surface area contributed by atoms with Crippen LogP contribution in [0.15, 0.2) is 64.6 Å². The lowest BCUT2D eigenvalue weighted by Gasteiger charge is -2.37. The Morgan fingerprint density at radius 1 is 1.22 bits per heavy atom. The second-order valence-electron chi connectivity index (χ2n) is 7.94. The first kappa shape index (κ1) is 22.1. The third-order valence-electron chi connectivity index (χ3n) is 5.99. The Labute approximate surface area is 192 Å². The molecule has 2 atom stereocenters. The van der Waals surface area contributed by atoms with Gasteiger partial charge in [-0.2, -0.15) is 0 Å². The molecule has 3 heterocycles. The number of rotatable bonds is 8. The van der Waals surface area contributed by atoms with Gasteiger partial charge in [-0.05, 0) is 61.0 Å². The van der Waals surface area contributed by atoms with Crippen LogP contribution in [0, 0.1) is 0 Å². The molecule has 4 rings (SSSR count). The van der Waals surface area contributed by atoms with Gasteiger partial charge in [0.15, 0.2) is 5.76 Å². The number of ether oxygens (including phenoxy) is 1. The first-order valence-electron chi connectivity index (χ1n) is 11.0. The summed E-state index contributed by atoms with van der Waals surface area (Å²) in [4.78, 5) is 31.3. The topological polar surface area (TPSA) is 63.0 Å². The Morgan fingerprint density at radius 2 is 2.03 bits per heavy atom. The van der Waals surface area contributed by atoms with Gasteiger partial charge in [-0.15, -0.1) is 11.3 Å². The van der Waals surface area contributed by atoms with Crippen LogP contribution in [0.2, 0.25) is 0 Å². The predicted molar refractivity (Wildman–Crippen MR) is 124 cm³/mol. The van der Waals surface area contributed by atoms with Gasteiger partial charge in [0.2, 0.25) is 5.91 Å². The molecular weight excluding hydrogens is 424 g/mol. The van der Waals surface area contributed by atoms with E-state index in [1.54, 1.807) is 28.4 Å². The second-order valence-corrected chi connectivity index (χ2v) is 8.94. The van der Waals surface area contributed by atoms with Crippen LogP contribution < -0.4 is 4.74 Å². The zero-order chi connectivity index (χ0) is 22.5. The highest BCUT2D eigenvalue weighted by atomic mass is 32.1. The normalized spacial score (nSPS) is 16.3. The summed E-state index contributed by atoms with van der Waals surface area (Å²) in [6, 6.07) is 14.8. The quantitative estimate of drug-likeness (QED) is 0.493. The van der Waals surface area contributed by atoms with Crippen molar-refractivity contribution in [3.8, 4) is 5.75 Å². The van der Waals surface area contributed by atoms with Crippen LogP contribution in [-0.4, -0.2) is 47.4 Å². The maximum absolute atomic E-state index is 13.5. The summed E-state index contributed by atoms with van der Waals surface area (Å²) in [5, 5.41) is 2.07. The molecule has 3 aromatic rings. The molecule has 1 aliphatic heterocycles. The minimum atomic E-state index is -0.261. The number of hydrogen-bond acceptors (Lipinski definition) is 5. The van der Waals surface area contributed by atoms with Crippen LogP contribution in [0.3, 0.4) is 0 Å². The van der Waals surface area contributed by atoms with Crippen LogP contribution in [0.25, 0.3) is 0 Å². The largest absolute Gasteiger partial charge is 0.491 e. The molecule has 0 saturated heterocycles. The van der Waals surface area contributed by atoms with E-state index in [1.807, 2.05) is 49.1 Å². The highest BCUT2D eigenvalue weighted by Crippen LogP contribution is 2.34. The molecule has 2 aromatic heterocycles. The number of benzene rings is 1. The van der Waals surface area contributed by atoms with E-state index in [0.29, 0.717) is 13.2 Å². The zero-order valence-electron chi connectivity index (χ0n) is 18.4. The third-order valence-corrected chi connectivity index (χ3v) is 6.98. The number of thiophene rings is 1. The number of para-hydroxylation sites is 1. The van der Waals surface area contributed by atoms with Crippen LogP contribution in [0.4, 0.5) is 0 Å². The first-order valence-corrected chi connectivity index (χ1v) is 11.8. The molecule has 0 radical (unpaired) electrons. The van der Waals surface area contributed by atoms with Gasteiger partial charge in [0, 0.05) is 17.5 Å². The van der Waals surface area contributed by atoms with E-state index in [4.69, 9.17) is 9.15 Å². The fraction of sp³-hybridized carbons (Fsp3) is 0.360. The van der Waals surface area contributed by atoms with Gasteiger partial charge < -0.3 is 19.0 Å². The number of furan rings is 1. The molecule has 168 valence electrons. The summed E-state index contributed by atoms with van der Waals surface area (Å²) in [5.74, 6) is 0.684. The van der Waals surface area contributed by atoms with E-state index < -0.39 is 0 Å². The van der Waals surface area contributed by atoms with Crippen molar-refractivity contribution < 1.29 is 18.7 Å². The Kier molecular flexibility index (Phi) is 6.95. The second kappa shape index (κ2) is 10.0. The Bertz CT molecular complexity index is 1030. The lowest BCUT2D eigenvalue weighted by Crippen LogP contribution is -2.49. The van der Waals surface area contributed by atoms with Crippen molar-refractivity contribution in [2.75, 3.05) is 19.7 Å². The van der Waals surface area contributed by atoms with Crippen molar-refractivity contribution in [3.05, 3.63) is 76.4 Å². The van der Waals surface area contributed by atoms with E-state index in [2.05, 4.69) is 11.4 Å². The first-order chi connectivity index (χ1) is 15.6. The van der Waals surface area contributed by atoms with E-state index in [1.165, 1.54) is 11.1 Å². The summed E-state index contributed by atoms with van der Waals surface area (Å²) >= 11 is 1.72. The standard InChI is InChI=1S/C25H28N2O4S/c1-3-18(2)27(25(29)22-10-7-14-30-22)16-24(28)26-13-11-23-20(12-15-32-23)21(26)17-31-19-8-5-4-6-9-19/h4-10,12,14-15,18,21H,3,11,13,16-17H2,1-2H3/t18-,21+/m1/s1. The number of hydrogen-bond donors (Lipinski definition) is 0. The molecular formula is C25H28N2O4S. The van der Waals surface area contributed by atoms with Crippen molar-refractivity contribution in [2.45, 2.75) is 38.8 Å². The number of fused-ring (bicyclic) bond motifs is 1. The average molecular weight is 453 g/mol. The molecule has 0 bridgehead atoms. The number of carbonyl (C=O) groups excluding carboxylic acids is 2. The minimum Gasteiger partial charge on any atom is -0.491 e. The molecule has 0 saturated carbocycles. The van der Waals surface area contributed by atoms with Gasteiger partial charge in [0.25, 0.3) is 5.91 Å². The van der Waals surface area contributed by atoms with Crippen LogP contribution >= 0.6 is 11.3 Å². The van der Waals surface area contributed by atoms with Gasteiger partial charge in [-0.25, -0.2) is 0 Å². The molecule has 32 heavy (non-hydrogen) atoms. The van der Waals surface area contributed by atoms with E-state index in [9.17, 15) is 9.59 Å². The van der Waals surface area contributed by atoms with Crippen molar-refractivity contribution in [1.82, 2.24) is 9.80 Å². The van der Waals surface area contributed by atoms with Crippen LogP contribution in [0.5, 0.6) is 5.75 Å². The summed E-state index contributed by atoms with van der Waals surface area (Å²) < 4.78 is 11.4. The lowest BCUT2D eigenvalue weighted by atomic mass is 10.00. The molecule has 0 unspecified atom stereocenters. The molecule has 0 spiro atoms. The third kappa shape index (κ3) is 4.72. The van der Waals surface area contributed by atoms with Gasteiger partial charge in [0.05, 0.1) is 12.3 Å². The molecule has 2 amide bonds. The highest BCUT2D eigenvalue weighted by molar-refractivity contribution is 7.10. The highest BCUT2D eigenvalue weighted by Gasteiger charge is 2.34. The number of nitrogens with zero attached hydrogens (tertiary/aromatic N) is 2. The van der Waals surface area contributed by atoms with Gasteiger partial charge in [-0.1, -0.05) is 25.1 Å². The lowest BCUT2D eigenvalue weighted by molar-refractivity contribution is -0.136. The minimum absolute atomic E-state index is 0.00977. The maximum atomic E-state index is 13.5. The summed E-state index contributed by atoms with van der Waals surface area (Å²) in [7, 11) is 0. The Hall–Kier alpha value is -3.06. The molecule has 6 nitrogen and oxygen atoms in total. The van der Waals surface area contributed by atoms with Crippen molar-refractivity contribution in [1.29, 1.82) is 0 Å². The molecule has 7 heteroatoms. The molecule has 0 aliphatic carbocycles. The van der Waals surface area contributed by atoms with Gasteiger partial charge >= 0.3 is 0 Å². The monoisotopic (exact) mass is 452 g/mol. The number of carbonyl (C=O) groups is 2. The fourth-order valence-electron chi connectivity index (χ4n) is 3.99. The fourth-order valence-corrected chi connectivity index (χ4v) is 4.92. The van der Waals surface area contributed by atoms with Crippen LogP contribution in [-0.2, 0) is 11.2 Å². The zero-order valence-corrected chi connectivity index (χ0v) is 19.2. The Morgan fingerprint density at radius 3 is 2.75 bits per heavy atom. The summed E-state index contributed by atoms with van der Waals surface area (Å²) in [6.07, 6.45) is 3.04. The molecule has 0 N–H and O–H groups in total. The summed E-state index contributed by atoms with van der Waals surface area (Å²) in [6.45, 7) is 4.95. The Balaban J connectivity index is 1.53. The SMILES string of the molecule is CC[C@@H](C)N(CC(=O)N1CCc2sccc2[C@@H]1COc1ccccc1)C(=O)c1ccco1. The summed E-state index contributed by atoms with van der Waals surface area (Å²) in [5.41, 5.74) is 1.14. The molecule has 1 aromatic carbocycles. The van der Waals surface area contributed by atoms with E-state index in [0.717, 1.165) is 24.2 Å². The smallest absolute Gasteiger partial charge is 0.290 e. The molecule has 1 aliphatic rings. The van der Waals surface area contributed by atoms with Crippen molar-refractivity contribution in [3.63, 3.8) is 0 Å². The predicted octanol–water partition coefficient (Wildman–Crippen LogP) is 4.79. The van der Waals surface area contributed by atoms with Gasteiger partial charge in [-0.3, -0.25) is 9.59 Å². The van der Waals surface area contributed by atoms with Crippen LogP contribution in [0.1, 0.15) is 47.3 Å². The van der Waals surface area contributed by atoms with Crippen molar-refractivity contribution >= 4 is 23.2 Å². The van der Waals surface area contributed by atoms with Crippen molar-refractivity contribution in [2.24, 2.45) is 0 Å². The molecule has 0 fully saturated rings. The van der Waals surface area contributed by atoms with E-state index in [-0.39, 0.29) is 36.2 Å². The maximum Gasteiger partial charge on any atom is 0.290 e. The average Bonchev–Trinajstić information content (AvgIpc) is 3.53. The van der Waals surface area contributed by atoms with Gasteiger partial charge in [0.1, 0.15) is 18.9 Å². The van der Waals surface area contributed by atoms with E-state index >= 15 is 0 Å². The number of amides is 2.